The number of esters is 1. The van der Waals surface area contributed by atoms with Gasteiger partial charge in [0.15, 0.2) is 0 Å². The highest BCUT2D eigenvalue weighted by Crippen LogP contribution is 2.26. The van der Waals surface area contributed by atoms with Crippen molar-refractivity contribution in [3.63, 3.8) is 0 Å². The molecule has 0 N–H and O–H groups in total. The molecule has 0 bridgehead atoms. The summed E-state index contributed by atoms with van der Waals surface area (Å²) in [7, 11) is 0. The highest BCUT2D eigenvalue weighted by molar-refractivity contribution is 6.04. The predicted octanol–water partition coefficient (Wildman–Crippen LogP) is 5.41. The number of nitrogens with zero attached hydrogens (tertiary/aromatic N) is 1. The van der Waals surface area contributed by atoms with Crippen molar-refractivity contribution in [2.45, 2.75) is 27.2 Å². The maximum absolute atomic E-state index is 12.7. The monoisotopic (exact) mass is 333 g/mol. The van der Waals surface area contributed by atoms with E-state index in [9.17, 15) is 4.79 Å². The summed E-state index contributed by atoms with van der Waals surface area (Å²) in [5.41, 5.74) is 4.26. The van der Waals surface area contributed by atoms with E-state index in [0.29, 0.717) is 18.1 Å². The minimum Gasteiger partial charge on any atom is -0.462 e. The normalized spacial score (nSPS) is 11.0. The lowest BCUT2D eigenvalue weighted by Gasteiger charge is -2.11. The van der Waals surface area contributed by atoms with Crippen molar-refractivity contribution in [3.8, 4) is 11.3 Å². The highest BCUT2D eigenvalue weighted by atomic mass is 16.5. The van der Waals surface area contributed by atoms with E-state index in [1.807, 2.05) is 61.5 Å². The number of carbonyl (C=O) groups excluding carboxylic acids is 1. The van der Waals surface area contributed by atoms with Crippen molar-refractivity contribution >= 4 is 16.9 Å². The molecule has 3 nitrogen and oxygen atoms in total. The summed E-state index contributed by atoms with van der Waals surface area (Å²) in [5, 5.41) is 0.842. The van der Waals surface area contributed by atoms with Crippen LogP contribution in [0.4, 0.5) is 0 Å². The molecule has 1 aromatic heterocycles. The molecular formula is C22H23NO2. The van der Waals surface area contributed by atoms with Crippen molar-refractivity contribution in [2.75, 3.05) is 6.61 Å². The molecule has 0 spiro atoms. The second-order valence-corrected chi connectivity index (χ2v) is 6.76. The van der Waals surface area contributed by atoms with Crippen molar-refractivity contribution in [1.82, 2.24) is 4.98 Å². The summed E-state index contributed by atoms with van der Waals surface area (Å²) in [6.07, 6.45) is 0.860. The van der Waals surface area contributed by atoms with Gasteiger partial charge in [0.05, 0.1) is 23.4 Å². The van der Waals surface area contributed by atoms with Gasteiger partial charge in [-0.25, -0.2) is 9.78 Å². The van der Waals surface area contributed by atoms with Crippen molar-refractivity contribution < 1.29 is 9.53 Å². The average molecular weight is 333 g/mol. The Bertz CT molecular complexity index is 885. The number of hydrogen-bond donors (Lipinski definition) is 0. The fraction of sp³-hybridized carbons (Fsp3) is 0.273. The first-order chi connectivity index (χ1) is 12.0. The molecule has 0 fully saturated rings. The van der Waals surface area contributed by atoms with Gasteiger partial charge < -0.3 is 4.74 Å². The van der Waals surface area contributed by atoms with Crippen LogP contribution in [-0.4, -0.2) is 17.6 Å². The van der Waals surface area contributed by atoms with Crippen LogP contribution in [0.1, 0.15) is 36.2 Å². The summed E-state index contributed by atoms with van der Waals surface area (Å²) >= 11 is 0. The molecule has 25 heavy (non-hydrogen) atoms. The van der Waals surface area contributed by atoms with Crippen molar-refractivity contribution in [1.29, 1.82) is 0 Å². The number of aryl methyl sites for hydroxylation is 1. The Morgan fingerprint density at radius 1 is 1.08 bits per heavy atom. The summed E-state index contributed by atoms with van der Waals surface area (Å²) in [4.78, 5) is 17.4. The van der Waals surface area contributed by atoms with Crippen LogP contribution in [0, 0.1) is 12.8 Å². The average Bonchev–Trinajstić information content (AvgIpc) is 2.61. The number of fused-ring (bicyclic) bond motifs is 1. The van der Waals surface area contributed by atoms with Gasteiger partial charge in [-0.2, -0.15) is 0 Å². The van der Waals surface area contributed by atoms with E-state index in [2.05, 4.69) is 13.8 Å². The molecule has 0 atom stereocenters. The lowest BCUT2D eigenvalue weighted by Crippen LogP contribution is -2.09. The zero-order chi connectivity index (χ0) is 17.8. The fourth-order valence-electron chi connectivity index (χ4n) is 2.73. The van der Waals surface area contributed by atoms with Gasteiger partial charge in [-0.1, -0.05) is 55.8 Å². The third kappa shape index (κ3) is 4.05. The third-order valence-electron chi connectivity index (χ3n) is 4.18. The number of aromatic nitrogens is 1. The van der Waals surface area contributed by atoms with Crippen LogP contribution >= 0.6 is 0 Å². The number of hydrogen-bond acceptors (Lipinski definition) is 3. The van der Waals surface area contributed by atoms with E-state index >= 15 is 0 Å². The van der Waals surface area contributed by atoms with Crippen LogP contribution in [0.15, 0.2) is 54.6 Å². The predicted molar refractivity (Wildman–Crippen MR) is 102 cm³/mol. The molecule has 3 heteroatoms. The number of benzene rings is 2. The number of pyridine rings is 1. The van der Waals surface area contributed by atoms with E-state index in [1.165, 1.54) is 0 Å². The van der Waals surface area contributed by atoms with Gasteiger partial charge in [0.25, 0.3) is 0 Å². The van der Waals surface area contributed by atoms with Crippen LogP contribution in [-0.2, 0) is 4.74 Å². The molecular weight excluding hydrogens is 310 g/mol. The van der Waals surface area contributed by atoms with E-state index in [0.717, 1.165) is 34.1 Å². The Hall–Kier alpha value is -2.68. The lowest BCUT2D eigenvalue weighted by molar-refractivity contribution is 0.0490. The van der Waals surface area contributed by atoms with E-state index in [4.69, 9.17) is 9.72 Å². The minimum atomic E-state index is -0.282. The van der Waals surface area contributed by atoms with E-state index in [-0.39, 0.29) is 5.97 Å². The summed E-state index contributed by atoms with van der Waals surface area (Å²) < 4.78 is 5.51. The van der Waals surface area contributed by atoms with Gasteiger partial charge in [-0.3, -0.25) is 0 Å². The molecule has 128 valence electrons. The van der Waals surface area contributed by atoms with Crippen LogP contribution in [0.3, 0.4) is 0 Å². The maximum atomic E-state index is 12.7. The molecule has 0 unspecified atom stereocenters. The summed E-state index contributed by atoms with van der Waals surface area (Å²) in [5.74, 6) is 0.222. The standard InChI is InChI=1S/C22H23NO2/c1-15(2)11-12-25-22(24)19-14-21(17-7-5-4-6-8-17)23-20-10-9-16(3)13-18(19)20/h4-10,13-15H,11-12H2,1-3H3. The van der Waals surface area contributed by atoms with E-state index < -0.39 is 0 Å². The quantitative estimate of drug-likeness (QED) is 0.586. The smallest absolute Gasteiger partial charge is 0.338 e. The highest BCUT2D eigenvalue weighted by Gasteiger charge is 2.15. The Balaban J connectivity index is 2.04. The molecule has 0 radical (unpaired) electrons. The Labute approximate surface area is 148 Å². The first-order valence-electron chi connectivity index (χ1n) is 8.68. The SMILES string of the molecule is Cc1ccc2nc(-c3ccccc3)cc(C(=O)OCCC(C)C)c2c1. The van der Waals surface area contributed by atoms with Crippen LogP contribution < -0.4 is 0 Å². The minimum absolute atomic E-state index is 0.282. The molecule has 3 aromatic rings. The molecule has 1 heterocycles. The van der Waals surface area contributed by atoms with Gasteiger partial charge in [0.1, 0.15) is 0 Å². The molecule has 0 saturated heterocycles. The third-order valence-corrected chi connectivity index (χ3v) is 4.18. The summed E-state index contributed by atoms with van der Waals surface area (Å²) in [6, 6.07) is 17.7. The fourth-order valence-corrected chi connectivity index (χ4v) is 2.73. The Morgan fingerprint density at radius 3 is 2.56 bits per heavy atom. The molecule has 2 aromatic carbocycles. The van der Waals surface area contributed by atoms with Gasteiger partial charge in [-0.05, 0) is 37.5 Å². The largest absolute Gasteiger partial charge is 0.462 e. The first-order valence-corrected chi connectivity index (χ1v) is 8.68. The topological polar surface area (TPSA) is 39.2 Å². The van der Waals surface area contributed by atoms with Gasteiger partial charge >= 0.3 is 5.97 Å². The van der Waals surface area contributed by atoms with Crippen LogP contribution in [0.25, 0.3) is 22.2 Å². The van der Waals surface area contributed by atoms with Gasteiger partial charge in [0, 0.05) is 10.9 Å². The van der Waals surface area contributed by atoms with E-state index in [1.54, 1.807) is 0 Å². The van der Waals surface area contributed by atoms with Crippen LogP contribution in [0.2, 0.25) is 0 Å². The molecule has 0 amide bonds. The zero-order valence-electron chi connectivity index (χ0n) is 15.0. The zero-order valence-corrected chi connectivity index (χ0v) is 15.0. The van der Waals surface area contributed by atoms with Crippen molar-refractivity contribution in [2.24, 2.45) is 5.92 Å². The van der Waals surface area contributed by atoms with Crippen LogP contribution in [0.5, 0.6) is 0 Å². The van der Waals surface area contributed by atoms with Crippen molar-refractivity contribution in [3.05, 3.63) is 65.7 Å². The molecule has 0 aliphatic rings. The Kier molecular flexibility index (Phi) is 5.13. The molecule has 0 aliphatic heterocycles. The molecule has 0 saturated carbocycles. The summed E-state index contributed by atoms with van der Waals surface area (Å²) in [6.45, 7) is 6.68. The van der Waals surface area contributed by atoms with Gasteiger partial charge in [-0.15, -0.1) is 0 Å². The Morgan fingerprint density at radius 2 is 1.84 bits per heavy atom. The number of carbonyl (C=O) groups is 1. The molecule has 0 aliphatic carbocycles. The lowest BCUT2D eigenvalue weighted by atomic mass is 10.0. The number of ether oxygens (including phenoxy) is 1. The molecule has 3 rings (SSSR count). The second kappa shape index (κ2) is 7.47. The van der Waals surface area contributed by atoms with Gasteiger partial charge in [0.2, 0.25) is 0 Å². The second-order valence-electron chi connectivity index (χ2n) is 6.76. The first kappa shape index (κ1) is 17.2. The maximum Gasteiger partial charge on any atom is 0.338 e. The number of rotatable bonds is 5.